The molecule has 0 amide bonds. The molecule has 0 spiro atoms. The van der Waals surface area contributed by atoms with Gasteiger partial charge < -0.3 is 9.47 Å². The fourth-order valence-electron chi connectivity index (χ4n) is 3.06. The van der Waals surface area contributed by atoms with Crippen molar-refractivity contribution in [1.29, 1.82) is 0 Å². The summed E-state index contributed by atoms with van der Waals surface area (Å²) in [7, 11) is 2.63. The van der Waals surface area contributed by atoms with Gasteiger partial charge in [0.1, 0.15) is 0 Å². The van der Waals surface area contributed by atoms with Crippen LogP contribution in [0.15, 0.2) is 66.7 Å². The fourth-order valence-corrected chi connectivity index (χ4v) is 3.06. The molecule has 0 heterocycles. The average Bonchev–Trinajstić information content (AvgIpc) is 2.73. The van der Waals surface area contributed by atoms with Crippen molar-refractivity contribution >= 4 is 11.9 Å². The molecule has 0 aliphatic rings. The number of hydrogen-bond donors (Lipinski definition) is 0. The smallest absolute Gasteiger partial charge is 0.337 e. The Kier molecular flexibility index (Phi) is 5.90. The van der Waals surface area contributed by atoms with E-state index in [1.807, 2.05) is 0 Å². The van der Waals surface area contributed by atoms with Gasteiger partial charge in [-0.25, -0.2) is 9.59 Å². The van der Waals surface area contributed by atoms with E-state index >= 15 is 0 Å². The second kappa shape index (κ2) is 8.53. The number of aryl methyl sites for hydroxylation is 1. The second-order valence-electron chi connectivity index (χ2n) is 6.64. The summed E-state index contributed by atoms with van der Waals surface area (Å²) in [5, 5.41) is 0. The number of rotatable bonds is 5. The van der Waals surface area contributed by atoms with E-state index in [0.29, 0.717) is 17.5 Å². The van der Waals surface area contributed by atoms with Crippen LogP contribution in [0.5, 0.6) is 0 Å². The predicted octanol–water partition coefficient (Wildman–Crippen LogP) is 4.83. The summed E-state index contributed by atoms with van der Waals surface area (Å²) >= 11 is 0. The molecule has 0 atom stereocenters. The molecule has 3 rings (SSSR count). The van der Waals surface area contributed by atoms with Gasteiger partial charge in [0.25, 0.3) is 0 Å². The van der Waals surface area contributed by atoms with Crippen LogP contribution in [0.3, 0.4) is 0 Å². The van der Waals surface area contributed by atoms with Gasteiger partial charge in [0, 0.05) is 0 Å². The van der Waals surface area contributed by atoms with Gasteiger partial charge in [-0.05, 0) is 53.8 Å². The third-order valence-electron chi connectivity index (χ3n) is 4.58. The van der Waals surface area contributed by atoms with Crippen LogP contribution in [0.4, 0.5) is 0 Å². The maximum Gasteiger partial charge on any atom is 0.337 e. The Hall–Kier alpha value is -3.40. The summed E-state index contributed by atoms with van der Waals surface area (Å²) in [6, 6.07) is 21.6. The van der Waals surface area contributed by atoms with E-state index in [0.717, 1.165) is 22.3 Å². The molecule has 3 aromatic carbocycles. The molecule has 0 aliphatic carbocycles. The summed E-state index contributed by atoms with van der Waals surface area (Å²) in [4.78, 5) is 23.9. The summed E-state index contributed by atoms with van der Waals surface area (Å²) in [5.41, 5.74) is 6.11. The number of ether oxygens (including phenoxy) is 2. The molecule has 0 aromatic heterocycles. The minimum absolute atomic E-state index is 0.330. The van der Waals surface area contributed by atoms with E-state index < -0.39 is 11.9 Å². The Morgan fingerprint density at radius 2 is 1.14 bits per heavy atom. The lowest BCUT2D eigenvalue weighted by atomic mass is 9.97. The van der Waals surface area contributed by atoms with Crippen molar-refractivity contribution in [2.45, 2.75) is 13.3 Å². The van der Waals surface area contributed by atoms with Crippen LogP contribution in [0.25, 0.3) is 11.1 Å². The van der Waals surface area contributed by atoms with E-state index in [1.165, 1.54) is 25.8 Å². The second-order valence-corrected chi connectivity index (χ2v) is 6.64. The SMILES string of the molecule is COC(=O)c1cc(Cc2ccc(-c3ccc(C)cc3)cc2)cc(C(=O)OC)c1. The Morgan fingerprint density at radius 1 is 0.679 bits per heavy atom. The number of carbonyl (C=O) groups is 2. The summed E-state index contributed by atoms with van der Waals surface area (Å²) in [5.74, 6) is -0.969. The first-order chi connectivity index (χ1) is 13.5. The summed E-state index contributed by atoms with van der Waals surface area (Å²) in [6.45, 7) is 2.07. The van der Waals surface area contributed by atoms with Crippen molar-refractivity contribution in [3.05, 3.63) is 94.5 Å². The Balaban J connectivity index is 1.87. The fraction of sp³-hybridized carbons (Fsp3) is 0.167. The highest BCUT2D eigenvalue weighted by molar-refractivity contribution is 5.95. The lowest BCUT2D eigenvalue weighted by molar-refractivity contribution is 0.0599. The van der Waals surface area contributed by atoms with Crippen molar-refractivity contribution in [3.8, 4) is 11.1 Å². The van der Waals surface area contributed by atoms with E-state index in [4.69, 9.17) is 9.47 Å². The molecule has 0 fully saturated rings. The van der Waals surface area contributed by atoms with Gasteiger partial charge in [-0.2, -0.15) is 0 Å². The molecule has 0 saturated carbocycles. The van der Waals surface area contributed by atoms with Gasteiger partial charge in [0.15, 0.2) is 0 Å². The first-order valence-corrected chi connectivity index (χ1v) is 8.96. The van der Waals surface area contributed by atoms with Crippen molar-refractivity contribution in [2.24, 2.45) is 0 Å². The first-order valence-electron chi connectivity index (χ1n) is 8.96. The van der Waals surface area contributed by atoms with Crippen LogP contribution >= 0.6 is 0 Å². The first kappa shape index (κ1) is 19.4. The highest BCUT2D eigenvalue weighted by atomic mass is 16.5. The predicted molar refractivity (Wildman–Crippen MR) is 109 cm³/mol. The Bertz CT molecular complexity index is 952. The molecule has 3 aromatic rings. The highest BCUT2D eigenvalue weighted by Gasteiger charge is 2.14. The van der Waals surface area contributed by atoms with Crippen LogP contribution in [0.2, 0.25) is 0 Å². The zero-order chi connectivity index (χ0) is 20.1. The third kappa shape index (κ3) is 4.46. The third-order valence-corrected chi connectivity index (χ3v) is 4.58. The zero-order valence-corrected chi connectivity index (χ0v) is 16.2. The average molecular weight is 374 g/mol. The standard InChI is InChI=1S/C24H22O4/c1-16-4-8-19(9-5-16)20-10-6-17(7-11-20)12-18-13-21(23(25)27-2)15-22(14-18)24(26)28-3/h4-11,13-15H,12H2,1-3H3. The maximum absolute atomic E-state index is 11.9. The molecular weight excluding hydrogens is 352 g/mol. The monoisotopic (exact) mass is 374 g/mol. The highest BCUT2D eigenvalue weighted by Crippen LogP contribution is 2.22. The molecule has 0 unspecified atom stereocenters. The normalized spacial score (nSPS) is 10.4. The van der Waals surface area contributed by atoms with Crippen molar-refractivity contribution in [3.63, 3.8) is 0 Å². The van der Waals surface area contributed by atoms with Gasteiger partial charge in [0.2, 0.25) is 0 Å². The number of hydrogen-bond acceptors (Lipinski definition) is 4. The molecule has 142 valence electrons. The van der Waals surface area contributed by atoms with Crippen molar-refractivity contribution < 1.29 is 19.1 Å². The minimum Gasteiger partial charge on any atom is -0.465 e. The van der Waals surface area contributed by atoms with Crippen LogP contribution < -0.4 is 0 Å². The van der Waals surface area contributed by atoms with Crippen molar-refractivity contribution in [2.75, 3.05) is 14.2 Å². The van der Waals surface area contributed by atoms with Gasteiger partial charge >= 0.3 is 11.9 Å². The number of methoxy groups -OCH3 is 2. The Morgan fingerprint density at radius 3 is 1.61 bits per heavy atom. The molecule has 4 heteroatoms. The molecule has 28 heavy (non-hydrogen) atoms. The van der Waals surface area contributed by atoms with E-state index in [9.17, 15) is 9.59 Å². The largest absolute Gasteiger partial charge is 0.465 e. The molecule has 4 nitrogen and oxygen atoms in total. The van der Waals surface area contributed by atoms with Crippen LogP contribution in [-0.4, -0.2) is 26.2 Å². The minimum atomic E-state index is -0.485. The van der Waals surface area contributed by atoms with Gasteiger partial charge in [-0.3, -0.25) is 0 Å². The van der Waals surface area contributed by atoms with E-state index in [-0.39, 0.29) is 0 Å². The lowest BCUT2D eigenvalue weighted by Crippen LogP contribution is -2.08. The van der Waals surface area contributed by atoms with Gasteiger partial charge in [-0.1, -0.05) is 54.1 Å². The topological polar surface area (TPSA) is 52.6 Å². The van der Waals surface area contributed by atoms with Crippen LogP contribution in [0, 0.1) is 6.92 Å². The maximum atomic E-state index is 11.9. The number of benzene rings is 3. The molecule has 0 radical (unpaired) electrons. The zero-order valence-electron chi connectivity index (χ0n) is 16.2. The lowest BCUT2D eigenvalue weighted by Gasteiger charge is -2.09. The van der Waals surface area contributed by atoms with Crippen LogP contribution in [-0.2, 0) is 15.9 Å². The quantitative estimate of drug-likeness (QED) is 0.601. The molecule has 0 bridgehead atoms. The van der Waals surface area contributed by atoms with E-state index in [2.05, 4.69) is 55.5 Å². The van der Waals surface area contributed by atoms with Crippen LogP contribution in [0.1, 0.15) is 37.4 Å². The number of carbonyl (C=O) groups excluding carboxylic acids is 2. The molecular formula is C24H22O4. The molecule has 0 saturated heterocycles. The molecule has 0 N–H and O–H groups in total. The van der Waals surface area contributed by atoms with E-state index in [1.54, 1.807) is 12.1 Å². The Labute approximate surface area is 164 Å². The number of esters is 2. The van der Waals surface area contributed by atoms with Gasteiger partial charge in [-0.15, -0.1) is 0 Å². The van der Waals surface area contributed by atoms with Gasteiger partial charge in [0.05, 0.1) is 25.3 Å². The summed E-state index contributed by atoms with van der Waals surface area (Å²) in [6.07, 6.45) is 0.586. The molecule has 0 aliphatic heterocycles. The van der Waals surface area contributed by atoms with Crippen molar-refractivity contribution in [1.82, 2.24) is 0 Å². The summed E-state index contributed by atoms with van der Waals surface area (Å²) < 4.78 is 9.58.